The van der Waals surface area contributed by atoms with Crippen molar-refractivity contribution in [3.63, 3.8) is 0 Å². The quantitative estimate of drug-likeness (QED) is 0.567. The number of thiophene rings is 1. The van der Waals surface area contributed by atoms with Crippen LogP contribution in [-0.4, -0.2) is 22.1 Å². The molecule has 0 saturated carbocycles. The van der Waals surface area contributed by atoms with E-state index in [1.807, 2.05) is 23.6 Å². The summed E-state index contributed by atoms with van der Waals surface area (Å²) in [5.74, 6) is 0. The molecule has 4 aromatic rings. The summed E-state index contributed by atoms with van der Waals surface area (Å²) < 4.78 is 36.3. The van der Waals surface area contributed by atoms with Crippen LogP contribution in [0.3, 0.4) is 0 Å². The lowest BCUT2D eigenvalue weighted by molar-refractivity contribution is 0.582. The second-order valence-corrected chi connectivity index (χ2v) is 8.41. The Hall–Kier alpha value is -2.20. The van der Waals surface area contributed by atoms with Crippen LogP contribution in [0.25, 0.3) is 21.6 Å². The first-order chi connectivity index (χ1) is 12.1. The van der Waals surface area contributed by atoms with Gasteiger partial charge in [0, 0.05) is 12.7 Å². The Balaban J connectivity index is 1.65. The fraction of sp³-hybridized carbons (Fsp3) is 0.0625. The molecule has 25 heavy (non-hydrogen) atoms. The van der Waals surface area contributed by atoms with Gasteiger partial charge in [-0.1, -0.05) is 18.2 Å². The number of pyridine rings is 1. The van der Waals surface area contributed by atoms with Gasteiger partial charge >= 0.3 is 0 Å². The maximum atomic E-state index is 12.7. The van der Waals surface area contributed by atoms with Gasteiger partial charge in [-0.2, -0.15) is 8.75 Å². The second kappa shape index (κ2) is 6.60. The number of hydrogen-bond acceptors (Lipinski definition) is 7. The molecule has 3 heterocycles. The maximum absolute atomic E-state index is 12.7. The Morgan fingerprint density at radius 1 is 1.04 bits per heavy atom. The Morgan fingerprint density at radius 2 is 1.96 bits per heavy atom. The molecule has 0 spiro atoms. The number of nitrogens with one attached hydrogen (secondary N) is 1. The van der Waals surface area contributed by atoms with E-state index in [2.05, 4.69) is 18.5 Å². The summed E-state index contributed by atoms with van der Waals surface area (Å²) in [5, 5.41) is 1.97. The van der Waals surface area contributed by atoms with E-state index in [4.69, 9.17) is 0 Å². The van der Waals surface area contributed by atoms with Crippen LogP contribution in [0.15, 0.2) is 58.9 Å². The highest BCUT2D eigenvalue weighted by Crippen LogP contribution is 2.26. The van der Waals surface area contributed by atoms with E-state index < -0.39 is 10.0 Å². The van der Waals surface area contributed by atoms with E-state index in [9.17, 15) is 8.42 Å². The first-order valence-corrected chi connectivity index (χ1v) is 10.4. The van der Waals surface area contributed by atoms with Gasteiger partial charge in [0.2, 0.25) is 10.0 Å². The molecular weight excluding hydrogens is 376 g/mol. The van der Waals surface area contributed by atoms with Crippen molar-refractivity contribution in [2.75, 3.05) is 0 Å². The van der Waals surface area contributed by atoms with Gasteiger partial charge in [-0.05, 0) is 35.2 Å². The van der Waals surface area contributed by atoms with Crippen molar-refractivity contribution in [2.24, 2.45) is 0 Å². The molecule has 4 rings (SSSR count). The molecule has 0 amide bonds. The molecule has 126 valence electrons. The van der Waals surface area contributed by atoms with Crippen molar-refractivity contribution in [1.82, 2.24) is 18.5 Å². The minimum Gasteiger partial charge on any atom is -0.255 e. The Bertz CT molecular complexity index is 1120. The molecule has 0 unspecified atom stereocenters. The second-order valence-electron chi connectivity index (χ2n) is 5.20. The zero-order valence-electron chi connectivity index (χ0n) is 12.8. The van der Waals surface area contributed by atoms with E-state index in [1.54, 1.807) is 35.7 Å². The molecule has 1 aromatic carbocycles. The number of benzene rings is 1. The predicted molar refractivity (Wildman–Crippen MR) is 99.0 cm³/mol. The van der Waals surface area contributed by atoms with Gasteiger partial charge in [-0.15, -0.1) is 11.3 Å². The standard InChI is InChI=1S/C16H12N4O2S3/c21-25(22,14-7-1-5-12-16(14)20-24-19-12)18-10-11-4-2-8-17-15(11)13-6-3-9-23-13/h1-9,18H,10H2. The minimum atomic E-state index is -3.71. The lowest BCUT2D eigenvalue weighted by atomic mass is 10.2. The third-order valence-electron chi connectivity index (χ3n) is 3.64. The Labute approximate surface area is 152 Å². The third kappa shape index (κ3) is 3.19. The smallest absolute Gasteiger partial charge is 0.243 e. The molecule has 1 N–H and O–H groups in total. The lowest BCUT2D eigenvalue weighted by Gasteiger charge is -2.10. The summed E-state index contributed by atoms with van der Waals surface area (Å²) >= 11 is 2.56. The highest BCUT2D eigenvalue weighted by Gasteiger charge is 2.20. The summed E-state index contributed by atoms with van der Waals surface area (Å²) in [7, 11) is -3.71. The summed E-state index contributed by atoms with van der Waals surface area (Å²) in [6, 6.07) is 12.5. The van der Waals surface area contributed by atoms with E-state index >= 15 is 0 Å². The molecule has 0 atom stereocenters. The highest BCUT2D eigenvalue weighted by molar-refractivity contribution is 7.89. The molecule has 0 fully saturated rings. The summed E-state index contributed by atoms with van der Waals surface area (Å²) in [6.07, 6.45) is 1.70. The number of aromatic nitrogens is 3. The van der Waals surface area contributed by atoms with Gasteiger partial charge in [-0.25, -0.2) is 13.1 Å². The summed E-state index contributed by atoms with van der Waals surface area (Å²) in [4.78, 5) is 5.53. The zero-order valence-corrected chi connectivity index (χ0v) is 15.2. The predicted octanol–water partition coefficient (Wildman–Crippen LogP) is 3.29. The van der Waals surface area contributed by atoms with Gasteiger partial charge in [0.05, 0.1) is 22.3 Å². The molecule has 0 bridgehead atoms. The number of fused-ring (bicyclic) bond motifs is 1. The van der Waals surface area contributed by atoms with Crippen LogP contribution in [0.5, 0.6) is 0 Å². The zero-order chi connectivity index (χ0) is 17.3. The Morgan fingerprint density at radius 3 is 2.80 bits per heavy atom. The monoisotopic (exact) mass is 388 g/mol. The molecule has 6 nitrogen and oxygen atoms in total. The van der Waals surface area contributed by atoms with Gasteiger partial charge in [-0.3, -0.25) is 4.98 Å². The number of hydrogen-bond donors (Lipinski definition) is 1. The van der Waals surface area contributed by atoms with Crippen molar-refractivity contribution in [2.45, 2.75) is 11.4 Å². The first kappa shape index (κ1) is 16.3. The van der Waals surface area contributed by atoms with Crippen LogP contribution in [0.2, 0.25) is 0 Å². The summed E-state index contributed by atoms with van der Waals surface area (Å²) in [6.45, 7) is 0.150. The number of nitrogens with zero attached hydrogens (tertiary/aromatic N) is 3. The van der Waals surface area contributed by atoms with E-state index in [0.29, 0.717) is 11.0 Å². The third-order valence-corrected chi connectivity index (χ3v) is 6.49. The number of sulfonamides is 1. The highest BCUT2D eigenvalue weighted by atomic mass is 32.2. The van der Waals surface area contributed by atoms with Crippen molar-refractivity contribution < 1.29 is 8.42 Å². The van der Waals surface area contributed by atoms with Crippen molar-refractivity contribution in [3.05, 3.63) is 59.6 Å². The van der Waals surface area contributed by atoms with Crippen LogP contribution in [-0.2, 0) is 16.6 Å². The molecule has 0 saturated heterocycles. The van der Waals surface area contributed by atoms with Crippen molar-refractivity contribution in [3.8, 4) is 10.6 Å². The topological polar surface area (TPSA) is 84.8 Å². The molecular formula is C16H12N4O2S3. The van der Waals surface area contributed by atoms with Crippen molar-refractivity contribution in [1.29, 1.82) is 0 Å². The molecule has 0 aliphatic heterocycles. The molecule has 3 aromatic heterocycles. The van der Waals surface area contributed by atoms with Crippen LogP contribution in [0, 0.1) is 0 Å². The fourth-order valence-electron chi connectivity index (χ4n) is 2.47. The van der Waals surface area contributed by atoms with Gasteiger partial charge in [0.15, 0.2) is 0 Å². The minimum absolute atomic E-state index is 0.139. The average molecular weight is 388 g/mol. The van der Waals surface area contributed by atoms with E-state index in [-0.39, 0.29) is 11.4 Å². The van der Waals surface area contributed by atoms with Gasteiger partial charge < -0.3 is 0 Å². The van der Waals surface area contributed by atoms with Crippen LogP contribution < -0.4 is 4.72 Å². The van der Waals surface area contributed by atoms with E-state index in [0.717, 1.165) is 27.9 Å². The molecule has 0 aliphatic rings. The van der Waals surface area contributed by atoms with Crippen LogP contribution in [0.1, 0.15) is 5.56 Å². The largest absolute Gasteiger partial charge is 0.255 e. The summed E-state index contributed by atoms with van der Waals surface area (Å²) in [5.41, 5.74) is 2.57. The van der Waals surface area contributed by atoms with Gasteiger partial charge in [0.1, 0.15) is 15.9 Å². The fourth-order valence-corrected chi connectivity index (χ4v) is 4.99. The number of rotatable bonds is 5. The average Bonchev–Trinajstić information content (AvgIpc) is 3.31. The van der Waals surface area contributed by atoms with Crippen LogP contribution in [0.4, 0.5) is 0 Å². The van der Waals surface area contributed by atoms with Crippen LogP contribution >= 0.6 is 23.1 Å². The maximum Gasteiger partial charge on any atom is 0.243 e. The first-order valence-electron chi connectivity index (χ1n) is 7.34. The molecule has 0 radical (unpaired) electrons. The SMILES string of the molecule is O=S(=O)(NCc1cccnc1-c1cccs1)c1cccc2nsnc12. The van der Waals surface area contributed by atoms with Crippen molar-refractivity contribution >= 4 is 44.1 Å². The molecule has 9 heteroatoms. The lowest BCUT2D eigenvalue weighted by Crippen LogP contribution is -2.24. The van der Waals surface area contributed by atoms with Gasteiger partial charge in [0.25, 0.3) is 0 Å². The van der Waals surface area contributed by atoms with E-state index in [1.165, 1.54) is 6.07 Å². The molecule has 0 aliphatic carbocycles. The normalized spacial score (nSPS) is 11.8. The Kier molecular flexibility index (Phi) is 4.30.